The highest BCUT2D eigenvalue weighted by atomic mass is 16.6. The Kier molecular flexibility index (Phi) is 5.58. The molecule has 8 heteroatoms. The zero-order valence-corrected chi connectivity index (χ0v) is 15.6. The van der Waals surface area contributed by atoms with E-state index in [9.17, 15) is 19.7 Å². The van der Waals surface area contributed by atoms with Crippen LogP contribution in [0.4, 0.5) is 11.4 Å². The van der Waals surface area contributed by atoms with Crippen LogP contribution < -0.4 is 10.1 Å². The van der Waals surface area contributed by atoms with Crippen molar-refractivity contribution in [2.24, 2.45) is 5.92 Å². The van der Waals surface area contributed by atoms with Crippen LogP contribution in [0.1, 0.15) is 24.9 Å². The molecule has 1 N–H and O–H groups in total. The second-order valence-corrected chi connectivity index (χ2v) is 6.66. The van der Waals surface area contributed by atoms with E-state index in [0.717, 1.165) is 5.56 Å². The van der Waals surface area contributed by atoms with Gasteiger partial charge in [-0.1, -0.05) is 30.3 Å². The molecule has 0 spiro atoms. The van der Waals surface area contributed by atoms with Gasteiger partial charge in [-0.05, 0) is 18.6 Å². The fourth-order valence-corrected chi connectivity index (χ4v) is 3.33. The molecule has 1 aliphatic rings. The molecule has 3 rings (SSSR count). The minimum absolute atomic E-state index is 0.0522. The number of ether oxygens (including phenoxy) is 1. The highest BCUT2D eigenvalue weighted by molar-refractivity contribution is 5.98. The molecule has 8 nitrogen and oxygen atoms in total. The predicted octanol–water partition coefficient (Wildman–Crippen LogP) is 3.15. The van der Waals surface area contributed by atoms with Gasteiger partial charge in [-0.3, -0.25) is 19.7 Å². The van der Waals surface area contributed by atoms with Gasteiger partial charge in [-0.15, -0.1) is 0 Å². The number of likely N-dealkylation sites (tertiary alicyclic amines) is 1. The molecule has 0 bridgehead atoms. The van der Waals surface area contributed by atoms with Gasteiger partial charge >= 0.3 is 0 Å². The molecule has 146 valence electrons. The molecule has 0 aliphatic carbocycles. The van der Waals surface area contributed by atoms with Crippen molar-refractivity contribution < 1.29 is 19.2 Å². The molecule has 1 saturated heterocycles. The van der Waals surface area contributed by atoms with E-state index in [1.165, 1.54) is 25.3 Å². The lowest BCUT2D eigenvalue weighted by Gasteiger charge is -2.25. The Labute approximate surface area is 162 Å². The highest BCUT2D eigenvalue weighted by Gasteiger charge is 2.37. The van der Waals surface area contributed by atoms with Gasteiger partial charge in [0.25, 0.3) is 5.69 Å². The number of methoxy groups -OCH3 is 1. The predicted molar refractivity (Wildman–Crippen MR) is 103 cm³/mol. The van der Waals surface area contributed by atoms with Crippen molar-refractivity contribution in [1.29, 1.82) is 0 Å². The van der Waals surface area contributed by atoms with E-state index in [0.29, 0.717) is 5.75 Å². The van der Waals surface area contributed by atoms with Crippen LogP contribution in [0.25, 0.3) is 0 Å². The third-order valence-corrected chi connectivity index (χ3v) is 4.94. The lowest BCUT2D eigenvalue weighted by molar-refractivity contribution is -0.383. The van der Waals surface area contributed by atoms with E-state index >= 15 is 0 Å². The Morgan fingerprint density at radius 2 is 2.00 bits per heavy atom. The summed E-state index contributed by atoms with van der Waals surface area (Å²) >= 11 is 0. The number of nitrogens with zero attached hydrogens (tertiary/aromatic N) is 2. The number of anilines is 1. The minimum atomic E-state index is -0.579. The second-order valence-electron chi connectivity index (χ2n) is 6.66. The topological polar surface area (TPSA) is 102 Å². The number of nitrogens with one attached hydrogen (secondary N) is 1. The van der Waals surface area contributed by atoms with Gasteiger partial charge in [0.2, 0.25) is 11.8 Å². The molecule has 2 amide bonds. The number of carbonyl (C=O) groups is 2. The molecule has 1 aliphatic heterocycles. The number of nitro benzene ring substituents is 1. The van der Waals surface area contributed by atoms with Gasteiger partial charge in [0.15, 0.2) is 0 Å². The van der Waals surface area contributed by atoms with Gasteiger partial charge in [-0.25, -0.2) is 0 Å². The van der Waals surface area contributed by atoms with E-state index in [1.54, 1.807) is 4.90 Å². The third kappa shape index (κ3) is 3.95. The van der Waals surface area contributed by atoms with Crippen LogP contribution in [0.5, 0.6) is 5.75 Å². The maximum atomic E-state index is 12.7. The number of amides is 2. The first kappa shape index (κ1) is 19.3. The van der Waals surface area contributed by atoms with Crippen LogP contribution in [0.3, 0.4) is 0 Å². The lowest BCUT2D eigenvalue weighted by atomic mass is 10.1. The first-order valence-electron chi connectivity index (χ1n) is 8.88. The number of hydrogen-bond acceptors (Lipinski definition) is 5. The van der Waals surface area contributed by atoms with Crippen molar-refractivity contribution in [3.05, 3.63) is 64.2 Å². The van der Waals surface area contributed by atoms with Crippen molar-refractivity contribution in [3.8, 4) is 5.75 Å². The Hall–Kier alpha value is -3.42. The Bertz CT molecular complexity index is 900. The van der Waals surface area contributed by atoms with Crippen molar-refractivity contribution in [2.75, 3.05) is 19.0 Å². The highest BCUT2D eigenvalue weighted by Crippen LogP contribution is 2.32. The zero-order chi connectivity index (χ0) is 20.3. The van der Waals surface area contributed by atoms with E-state index < -0.39 is 16.7 Å². The van der Waals surface area contributed by atoms with Crippen LogP contribution >= 0.6 is 0 Å². The summed E-state index contributed by atoms with van der Waals surface area (Å²) in [7, 11) is 1.44. The summed E-state index contributed by atoms with van der Waals surface area (Å²) in [6.07, 6.45) is 0.0702. The molecular formula is C20H21N3O5. The van der Waals surface area contributed by atoms with Crippen molar-refractivity contribution >= 4 is 23.2 Å². The monoisotopic (exact) mass is 383 g/mol. The van der Waals surface area contributed by atoms with Crippen LogP contribution in [-0.2, 0) is 9.59 Å². The Balaban J connectivity index is 1.74. The van der Waals surface area contributed by atoms with Crippen molar-refractivity contribution in [2.45, 2.75) is 19.4 Å². The summed E-state index contributed by atoms with van der Waals surface area (Å²) in [6.45, 7) is 2.18. The van der Waals surface area contributed by atoms with Gasteiger partial charge in [0.05, 0.1) is 24.0 Å². The maximum absolute atomic E-state index is 12.7. The fraction of sp³-hybridized carbons (Fsp3) is 0.300. The van der Waals surface area contributed by atoms with Crippen molar-refractivity contribution in [3.63, 3.8) is 0 Å². The molecule has 0 saturated carbocycles. The number of rotatable bonds is 6. The first-order valence-corrected chi connectivity index (χ1v) is 8.88. The standard InChI is InChI=1S/C20H21N3O5/c1-13(14-6-4-3-5-7-14)22-12-15(10-19(22)24)20(25)21-17-11-16(28-2)8-9-18(17)23(26)27/h3-9,11,13,15H,10,12H2,1-2H3,(H,21,25)/t13-,15+/m1/s1. The van der Waals surface area contributed by atoms with Gasteiger partial charge < -0.3 is 15.0 Å². The largest absolute Gasteiger partial charge is 0.497 e. The zero-order valence-electron chi connectivity index (χ0n) is 15.6. The minimum Gasteiger partial charge on any atom is -0.497 e. The van der Waals surface area contributed by atoms with Gasteiger partial charge in [0.1, 0.15) is 11.4 Å². The van der Waals surface area contributed by atoms with Crippen LogP contribution in [0.15, 0.2) is 48.5 Å². The summed E-state index contributed by atoms with van der Waals surface area (Å²) in [5, 5.41) is 13.8. The lowest BCUT2D eigenvalue weighted by Crippen LogP contribution is -2.30. The number of nitro groups is 1. The number of benzene rings is 2. The molecular weight excluding hydrogens is 362 g/mol. The van der Waals surface area contributed by atoms with Gasteiger partial charge in [0, 0.05) is 25.1 Å². The first-order chi connectivity index (χ1) is 13.4. The third-order valence-electron chi connectivity index (χ3n) is 4.94. The van der Waals surface area contributed by atoms with E-state index in [1.807, 2.05) is 37.3 Å². The van der Waals surface area contributed by atoms with E-state index in [-0.39, 0.29) is 36.3 Å². The number of carbonyl (C=O) groups excluding carboxylic acids is 2. The number of hydrogen-bond donors (Lipinski definition) is 1. The molecule has 2 aromatic carbocycles. The molecule has 1 heterocycles. The SMILES string of the molecule is COc1ccc([N+](=O)[O-])c(NC(=O)[C@H]2CC(=O)N([C@H](C)c3ccccc3)C2)c1. The summed E-state index contributed by atoms with van der Waals surface area (Å²) in [4.78, 5) is 37.5. The normalized spacial score (nSPS) is 17.3. The summed E-state index contributed by atoms with van der Waals surface area (Å²) in [6, 6.07) is 13.6. The summed E-state index contributed by atoms with van der Waals surface area (Å²) < 4.78 is 5.07. The molecule has 28 heavy (non-hydrogen) atoms. The van der Waals surface area contributed by atoms with E-state index in [4.69, 9.17) is 4.74 Å². The Morgan fingerprint density at radius 3 is 2.64 bits per heavy atom. The van der Waals surface area contributed by atoms with Gasteiger partial charge in [-0.2, -0.15) is 0 Å². The summed E-state index contributed by atoms with van der Waals surface area (Å²) in [5.74, 6) is -0.726. The average molecular weight is 383 g/mol. The smallest absolute Gasteiger partial charge is 0.293 e. The van der Waals surface area contributed by atoms with Crippen molar-refractivity contribution in [1.82, 2.24) is 4.90 Å². The van der Waals surface area contributed by atoms with E-state index in [2.05, 4.69) is 5.32 Å². The van der Waals surface area contributed by atoms with Crippen LogP contribution in [-0.4, -0.2) is 35.3 Å². The fourth-order valence-electron chi connectivity index (χ4n) is 3.33. The molecule has 2 atom stereocenters. The molecule has 1 fully saturated rings. The second kappa shape index (κ2) is 8.08. The van der Waals surface area contributed by atoms with Crippen LogP contribution in [0.2, 0.25) is 0 Å². The molecule has 0 radical (unpaired) electrons. The quantitative estimate of drug-likeness (QED) is 0.610. The van der Waals surface area contributed by atoms with Crippen LogP contribution in [0, 0.1) is 16.0 Å². The Morgan fingerprint density at radius 1 is 1.29 bits per heavy atom. The summed E-state index contributed by atoms with van der Waals surface area (Å²) in [5.41, 5.74) is 0.810. The molecule has 2 aromatic rings. The maximum Gasteiger partial charge on any atom is 0.293 e. The molecule has 0 aromatic heterocycles. The molecule has 0 unspecified atom stereocenters. The average Bonchev–Trinajstić information content (AvgIpc) is 3.09.